The molecule has 1 nitrogen and oxygen atoms in total. The van der Waals surface area contributed by atoms with E-state index < -0.39 is 0 Å². The van der Waals surface area contributed by atoms with Gasteiger partial charge >= 0.3 is 0 Å². The van der Waals surface area contributed by atoms with Crippen LogP contribution in [0.15, 0.2) is 12.2 Å². The van der Waals surface area contributed by atoms with E-state index in [-0.39, 0.29) is 0 Å². The van der Waals surface area contributed by atoms with E-state index in [1.165, 1.54) is 5.57 Å². The molecule has 11 heavy (non-hydrogen) atoms. The Morgan fingerprint density at radius 1 is 1.45 bits per heavy atom. The molecule has 0 saturated carbocycles. The fraction of sp³-hybridized carbons (Fsp3) is 0.800. The van der Waals surface area contributed by atoms with Gasteiger partial charge in [0.05, 0.1) is 6.10 Å². The first-order chi connectivity index (χ1) is 5.20. The SMILES string of the molecule is C=C(C)CC(CC)OC.CC. The van der Waals surface area contributed by atoms with Crippen LogP contribution in [0.25, 0.3) is 0 Å². The molecule has 1 unspecified atom stereocenters. The van der Waals surface area contributed by atoms with Gasteiger partial charge in [0, 0.05) is 7.11 Å². The summed E-state index contributed by atoms with van der Waals surface area (Å²) in [5.74, 6) is 0. The van der Waals surface area contributed by atoms with Crippen LogP contribution in [0.3, 0.4) is 0 Å². The van der Waals surface area contributed by atoms with Crippen molar-refractivity contribution in [3.8, 4) is 0 Å². The summed E-state index contributed by atoms with van der Waals surface area (Å²) in [4.78, 5) is 0. The Balaban J connectivity index is 0. The Bertz CT molecular complexity index is 82.9. The average molecular weight is 158 g/mol. The smallest absolute Gasteiger partial charge is 0.0605 e. The zero-order valence-electron chi connectivity index (χ0n) is 8.61. The minimum Gasteiger partial charge on any atom is -0.381 e. The molecule has 0 radical (unpaired) electrons. The maximum atomic E-state index is 5.15. The molecule has 0 aliphatic rings. The van der Waals surface area contributed by atoms with E-state index in [1.54, 1.807) is 7.11 Å². The monoisotopic (exact) mass is 158 g/mol. The van der Waals surface area contributed by atoms with E-state index in [0.29, 0.717) is 6.10 Å². The van der Waals surface area contributed by atoms with Crippen molar-refractivity contribution in [3.05, 3.63) is 12.2 Å². The van der Waals surface area contributed by atoms with E-state index in [4.69, 9.17) is 4.74 Å². The zero-order chi connectivity index (χ0) is 9.28. The molecule has 0 amide bonds. The molecule has 0 N–H and O–H groups in total. The Morgan fingerprint density at radius 3 is 2.00 bits per heavy atom. The van der Waals surface area contributed by atoms with E-state index >= 15 is 0 Å². The molecule has 0 rings (SSSR count). The van der Waals surface area contributed by atoms with Crippen LogP contribution in [-0.4, -0.2) is 13.2 Å². The highest BCUT2D eigenvalue weighted by molar-refractivity contribution is 4.90. The first-order valence-electron chi connectivity index (χ1n) is 4.37. The van der Waals surface area contributed by atoms with Crippen LogP contribution in [0, 0.1) is 0 Å². The van der Waals surface area contributed by atoms with Crippen LogP contribution in [0.4, 0.5) is 0 Å². The maximum absolute atomic E-state index is 5.15. The first-order valence-corrected chi connectivity index (χ1v) is 4.37. The summed E-state index contributed by atoms with van der Waals surface area (Å²) in [6, 6.07) is 0. The van der Waals surface area contributed by atoms with Gasteiger partial charge in [0.25, 0.3) is 0 Å². The van der Waals surface area contributed by atoms with Crippen LogP contribution in [-0.2, 0) is 4.74 Å². The highest BCUT2D eigenvalue weighted by atomic mass is 16.5. The quantitative estimate of drug-likeness (QED) is 0.570. The number of hydrogen-bond acceptors (Lipinski definition) is 1. The summed E-state index contributed by atoms with van der Waals surface area (Å²) in [6.45, 7) is 12.0. The molecule has 0 aliphatic heterocycles. The molecule has 0 aromatic carbocycles. The third-order valence-corrected chi connectivity index (χ3v) is 1.36. The van der Waals surface area contributed by atoms with E-state index in [2.05, 4.69) is 13.5 Å². The lowest BCUT2D eigenvalue weighted by atomic mass is 10.1. The van der Waals surface area contributed by atoms with Crippen LogP contribution < -0.4 is 0 Å². The highest BCUT2D eigenvalue weighted by Gasteiger charge is 2.02. The van der Waals surface area contributed by atoms with Crippen molar-refractivity contribution >= 4 is 0 Å². The molecule has 0 heterocycles. The lowest BCUT2D eigenvalue weighted by molar-refractivity contribution is 0.0999. The van der Waals surface area contributed by atoms with Gasteiger partial charge in [-0.1, -0.05) is 26.3 Å². The minimum absolute atomic E-state index is 0.377. The Morgan fingerprint density at radius 2 is 1.91 bits per heavy atom. The number of hydrogen-bond donors (Lipinski definition) is 0. The third-order valence-electron chi connectivity index (χ3n) is 1.36. The van der Waals surface area contributed by atoms with Gasteiger partial charge in [-0.25, -0.2) is 0 Å². The van der Waals surface area contributed by atoms with Gasteiger partial charge in [0.2, 0.25) is 0 Å². The van der Waals surface area contributed by atoms with Crippen molar-refractivity contribution in [1.82, 2.24) is 0 Å². The number of methoxy groups -OCH3 is 1. The Labute approximate surface area is 71.5 Å². The van der Waals surface area contributed by atoms with Gasteiger partial charge in [0.15, 0.2) is 0 Å². The molecule has 0 aromatic heterocycles. The van der Waals surface area contributed by atoms with Gasteiger partial charge in [-0.15, -0.1) is 6.58 Å². The Hall–Kier alpha value is -0.300. The molecule has 68 valence electrons. The minimum atomic E-state index is 0.377. The first kappa shape index (κ1) is 13.3. The lowest BCUT2D eigenvalue weighted by Gasteiger charge is -2.11. The molecule has 0 bridgehead atoms. The number of rotatable bonds is 4. The topological polar surface area (TPSA) is 9.23 Å². The molecule has 1 heteroatoms. The fourth-order valence-electron chi connectivity index (χ4n) is 0.783. The summed E-state index contributed by atoms with van der Waals surface area (Å²) < 4.78 is 5.15. The van der Waals surface area contributed by atoms with Crippen LogP contribution in [0.1, 0.15) is 40.5 Å². The lowest BCUT2D eigenvalue weighted by Crippen LogP contribution is -2.08. The molecule has 0 spiro atoms. The predicted molar refractivity (Wildman–Crippen MR) is 51.9 cm³/mol. The molecule has 1 atom stereocenters. The Kier molecular flexibility index (Phi) is 11.7. The predicted octanol–water partition coefficient (Wildman–Crippen LogP) is 3.40. The zero-order valence-corrected chi connectivity index (χ0v) is 8.61. The molecule has 0 saturated heterocycles. The normalized spacial score (nSPS) is 11.4. The van der Waals surface area contributed by atoms with Crippen molar-refractivity contribution in [1.29, 1.82) is 0 Å². The number of ether oxygens (including phenoxy) is 1. The summed E-state index contributed by atoms with van der Waals surface area (Å²) in [7, 11) is 1.75. The van der Waals surface area contributed by atoms with Crippen molar-refractivity contribution in [2.24, 2.45) is 0 Å². The van der Waals surface area contributed by atoms with Gasteiger partial charge in [-0.2, -0.15) is 0 Å². The largest absolute Gasteiger partial charge is 0.381 e. The molecule has 0 fully saturated rings. The van der Waals surface area contributed by atoms with Crippen molar-refractivity contribution in [2.45, 2.75) is 46.6 Å². The molecular weight excluding hydrogens is 136 g/mol. The standard InChI is InChI=1S/C8H16O.C2H6/c1-5-8(9-4)6-7(2)3;1-2/h8H,2,5-6H2,1,3-4H3;1-2H3. The molecular formula is C10H22O. The van der Waals surface area contributed by atoms with Crippen LogP contribution in [0.2, 0.25) is 0 Å². The molecule has 0 aromatic rings. The average Bonchev–Trinajstić information content (AvgIpc) is 2.03. The van der Waals surface area contributed by atoms with E-state index in [9.17, 15) is 0 Å². The van der Waals surface area contributed by atoms with Gasteiger partial charge < -0.3 is 4.74 Å². The summed E-state index contributed by atoms with van der Waals surface area (Å²) >= 11 is 0. The van der Waals surface area contributed by atoms with Crippen molar-refractivity contribution < 1.29 is 4.74 Å². The van der Waals surface area contributed by atoms with Gasteiger partial charge in [-0.3, -0.25) is 0 Å². The fourth-order valence-corrected chi connectivity index (χ4v) is 0.783. The third kappa shape index (κ3) is 9.70. The van der Waals surface area contributed by atoms with Gasteiger partial charge in [-0.05, 0) is 19.8 Å². The van der Waals surface area contributed by atoms with E-state index in [1.807, 2.05) is 20.8 Å². The van der Waals surface area contributed by atoms with Crippen LogP contribution in [0.5, 0.6) is 0 Å². The second-order valence-electron chi connectivity index (χ2n) is 2.43. The summed E-state index contributed by atoms with van der Waals surface area (Å²) in [6.07, 6.45) is 2.44. The highest BCUT2D eigenvalue weighted by Crippen LogP contribution is 2.07. The second-order valence-corrected chi connectivity index (χ2v) is 2.43. The van der Waals surface area contributed by atoms with Crippen molar-refractivity contribution in [3.63, 3.8) is 0 Å². The second kappa shape index (κ2) is 9.70. The van der Waals surface area contributed by atoms with Crippen LogP contribution >= 0.6 is 0 Å². The summed E-state index contributed by atoms with van der Waals surface area (Å²) in [5, 5.41) is 0. The summed E-state index contributed by atoms with van der Waals surface area (Å²) in [5.41, 5.74) is 1.20. The van der Waals surface area contributed by atoms with Crippen molar-refractivity contribution in [2.75, 3.05) is 7.11 Å². The van der Waals surface area contributed by atoms with Gasteiger partial charge in [0.1, 0.15) is 0 Å². The molecule has 0 aliphatic carbocycles. The van der Waals surface area contributed by atoms with E-state index in [0.717, 1.165) is 12.8 Å². The maximum Gasteiger partial charge on any atom is 0.0605 e.